The summed E-state index contributed by atoms with van der Waals surface area (Å²) in [5.74, 6) is 0. The molecule has 0 aromatic carbocycles. The molecule has 0 bridgehead atoms. The van der Waals surface area contributed by atoms with Gasteiger partial charge >= 0.3 is 0 Å². The van der Waals surface area contributed by atoms with Crippen molar-refractivity contribution in [2.75, 3.05) is 26.2 Å². The quantitative estimate of drug-likeness (QED) is 0.688. The van der Waals surface area contributed by atoms with E-state index < -0.39 is 0 Å². The molecular weight excluding hydrogens is 180 g/mol. The lowest BCUT2D eigenvalue weighted by atomic mass is 10.2. The predicted molar refractivity (Wildman–Crippen MR) is 52.7 cm³/mol. The Morgan fingerprint density at radius 2 is 2.64 bits per heavy atom. The van der Waals surface area contributed by atoms with Crippen molar-refractivity contribution < 1.29 is 4.74 Å². The van der Waals surface area contributed by atoms with E-state index in [-0.39, 0.29) is 6.10 Å². The van der Waals surface area contributed by atoms with Gasteiger partial charge in [0.15, 0.2) is 0 Å². The summed E-state index contributed by atoms with van der Waals surface area (Å²) in [6, 6.07) is 1.99. The Bertz CT molecular complexity index is 262. The largest absolute Gasteiger partial charge is 0.374 e. The number of hydrogen-bond donors (Lipinski definition) is 2. The molecule has 0 spiro atoms. The zero-order valence-electron chi connectivity index (χ0n) is 8.15. The molecule has 1 aliphatic heterocycles. The molecule has 1 aromatic heterocycles. The maximum atomic E-state index is 5.57. The van der Waals surface area contributed by atoms with Crippen molar-refractivity contribution in [1.82, 2.24) is 15.1 Å². The summed E-state index contributed by atoms with van der Waals surface area (Å²) in [6.45, 7) is 4.15. The molecular formula is C9H16N4O. The van der Waals surface area contributed by atoms with Gasteiger partial charge in [0.1, 0.15) is 0 Å². The van der Waals surface area contributed by atoms with Gasteiger partial charge in [-0.2, -0.15) is 5.10 Å². The molecule has 3 N–H and O–H groups in total. The summed E-state index contributed by atoms with van der Waals surface area (Å²) >= 11 is 0. The SMILES string of the molecule is NCC1CN(Cc2ccn[nH]2)CCO1. The number of rotatable bonds is 3. The average molecular weight is 196 g/mol. The van der Waals surface area contributed by atoms with Crippen LogP contribution < -0.4 is 5.73 Å². The Hall–Kier alpha value is -0.910. The number of hydrogen-bond acceptors (Lipinski definition) is 4. The first-order valence-corrected chi connectivity index (χ1v) is 4.91. The molecule has 2 heterocycles. The van der Waals surface area contributed by atoms with E-state index in [4.69, 9.17) is 10.5 Å². The third-order valence-corrected chi connectivity index (χ3v) is 2.44. The normalized spacial score (nSPS) is 23.9. The van der Waals surface area contributed by atoms with Crippen LogP contribution in [-0.4, -0.2) is 47.4 Å². The van der Waals surface area contributed by atoms with E-state index in [0.717, 1.165) is 31.9 Å². The fraction of sp³-hybridized carbons (Fsp3) is 0.667. The highest BCUT2D eigenvalue weighted by Crippen LogP contribution is 2.07. The zero-order valence-corrected chi connectivity index (χ0v) is 8.15. The van der Waals surface area contributed by atoms with Crippen LogP contribution in [0.1, 0.15) is 5.69 Å². The van der Waals surface area contributed by atoms with Gasteiger partial charge in [-0.3, -0.25) is 10.00 Å². The summed E-state index contributed by atoms with van der Waals surface area (Å²) in [5, 5.41) is 6.87. The van der Waals surface area contributed by atoms with Gasteiger partial charge in [-0.15, -0.1) is 0 Å². The smallest absolute Gasteiger partial charge is 0.0824 e. The molecule has 2 rings (SSSR count). The van der Waals surface area contributed by atoms with Gasteiger partial charge in [0.05, 0.1) is 12.7 Å². The van der Waals surface area contributed by atoms with Crippen molar-refractivity contribution in [3.05, 3.63) is 18.0 Å². The average Bonchev–Trinajstić information content (AvgIpc) is 2.71. The second-order valence-electron chi connectivity index (χ2n) is 3.55. The van der Waals surface area contributed by atoms with Gasteiger partial charge in [-0.25, -0.2) is 0 Å². The lowest BCUT2D eigenvalue weighted by Gasteiger charge is -2.31. The maximum Gasteiger partial charge on any atom is 0.0824 e. The fourth-order valence-electron chi connectivity index (χ4n) is 1.68. The summed E-state index contributed by atoms with van der Waals surface area (Å²) in [5.41, 5.74) is 6.71. The van der Waals surface area contributed by atoms with E-state index in [1.165, 1.54) is 0 Å². The first kappa shape index (κ1) is 9.64. The number of nitrogens with zero attached hydrogens (tertiary/aromatic N) is 2. The molecule has 5 nitrogen and oxygen atoms in total. The molecule has 1 aromatic rings. The van der Waals surface area contributed by atoms with E-state index in [9.17, 15) is 0 Å². The topological polar surface area (TPSA) is 67.2 Å². The van der Waals surface area contributed by atoms with Crippen molar-refractivity contribution in [3.63, 3.8) is 0 Å². The fourth-order valence-corrected chi connectivity index (χ4v) is 1.68. The molecule has 0 aliphatic carbocycles. The van der Waals surface area contributed by atoms with Crippen LogP contribution >= 0.6 is 0 Å². The number of nitrogens with two attached hydrogens (primary N) is 1. The number of H-pyrrole nitrogens is 1. The van der Waals surface area contributed by atoms with E-state index >= 15 is 0 Å². The zero-order chi connectivity index (χ0) is 9.80. The van der Waals surface area contributed by atoms with Gasteiger partial charge in [-0.1, -0.05) is 0 Å². The van der Waals surface area contributed by atoms with Gasteiger partial charge in [-0.05, 0) is 6.07 Å². The second-order valence-corrected chi connectivity index (χ2v) is 3.55. The highest BCUT2D eigenvalue weighted by molar-refractivity contribution is 4.97. The number of nitrogens with one attached hydrogen (secondary N) is 1. The van der Waals surface area contributed by atoms with Crippen LogP contribution in [0.15, 0.2) is 12.3 Å². The summed E-state index contributed by atoms with van der Waals surface area (Å²) in [7, 11) is 0. The maximum absolute atomic E-state index is 5.57. The molecule has 5 heteroatoms. The van der Waals surface area contributed by atoms with Crippen molar-refractivity contribution >= 4 is 0 Å². The Kier molecular flexibility index (Phi) is 3.13. The van der Waals surface area contributed by atoms with Gasteiger partial charge in [0.2, 0.25) is 0 Å². The molecule has 1 saturated heterocycles. The molecule has 0 radical (unpaired) electrons. The minimum atomic E-state index is 0.187. The van der Waals surface area contributed by atoms with Crippen LogP contribution in [0.25, 0.3) is 0 Å². The third kappa shape index (κ3) is 2.31. The highest BCUT2D eigenvalue weighted by atomic mass is 16.5. The van der Waals surface area contributed by atoms with Crippen molar-refractivity contribution in [3.8, 4) is 0 Å². The van der Waals surface area contributed by atoms with E-state index in [1.807, 2.05) is 6.07 Å². The lowest BCUT2D eigenvalue weighted by Crippen LogP contribution is -2.45. The predicted octanol–water partition coefficient (Wildman–Crippen LogP) is -0.431. The number of aromatic nitrogens is 2. The Labute approximate surface area is 83.2 Å². The van der Waals surface area contributed by atoms with Crippen molar-refractivity contribution in [2.45, 2.75) is 12.6 Å². The van der Waals surface area contributed by atoms with Gasteiger partial charge < -0.3 is 10.5 Å². The Morgan fingerprint density at radius 3 is 3.36 bits per heavy atom. The van der Waals surface area contributed by atoms with Gasteiger partial charge in [0.25, 0.3) is 0 Å². The van der Waals surface area contributed by atoms with Crippen molar-refractivity contribution in [1.29, 1.82) is 0 Å². The highest BCUT2D eigenvalue weighted by Gasteiger charge is 2.19. The molecule has 14 heavy (non-hydrogen) atoms. The third-order valence-electron chi connectivity index (χ3n) is 2.44. The van der Waals surface area contributed by atoms with Crippen LogP contribution in [0.2, 0.25) is 0 Å². The molecule has 0 amide bonds. The first-order valence-electron chi connectivity index (χ1n) is 4.91. The van der Waals surface area contributed by atoms with E-state index in [0.29, 0.717) is 6.54 Å². The Balaban J connectivity index is 1.86. The Morgan fingerprint density at radius 1 is 1.71 bits per heavy atom. The van der Waals surface area contributed by atoms with Crippen molar-refractivity contribution in [2.24, 2.45) is 5.73 Å². The summed E-state index contributed by atoms with van der Waals surface area (Å²) in [6.07, 6.45) is 1.96. The monoisotopic (exact) mass is 196 g/mol. The molecule has 1 fully saturated rings. The minimum absolute atomic E-state index is 0.187. The molecule has 0 saturated carbocycles. The summed E-state index contributed by atoms with van der Waals surface area (Å²) < 4.78 is 5.48. The molecule has 1 atom stereocenters. The standard InChI is InChI=1S/C9H16N4O/c10-5-9-7-13(3-4-14-9)6-8-1-2-11-12-8/h1-2,9H,3-7,10H2,(H,11,12). The minimum Gasteiger partial charge on any atom is -0.374 e. The number of morpholine rings is 1. The van der Waals surface area contributed by atoms with Crippen LogP contribution in [-0.2, 0) is 11.3 Å². The summed E-state index contributed by atoms with van der Waals surface area (Å²) in [4.78, 5) is 2.33. The van der Waals surface area contributed by atoms with Crippen LogP contribution in [0.5, 0.6) is 0 Å². The number of aromatic amines is 1. The molecule has 1 unspecified atom stereocenters. The number of ether oxygens (including phenoxy) is 1. The molecule has 78 valence electrons. The van der Waals surface area contributed by atoms with E-state index in [2.05, 4.69) is 15.1 Å². The first-order chi connectivity index (χ1) is 6.88. The van der Waals surface area contributed by atoms with Gasteiger partial charge in [0, 0.05) is 38.1 Å². The lowest BCUT2D eigenvalue weighted by molar-refractivity contribution is -0.0264. The van der Waals surface area contributed by atoms with E-state index in [1.54, 1.807) is 6.20 Å². The van der Waals surface area contributed by atoms with Crippen LogP contribution in [0.3, 0.4) is 0 Å². The van der Waals surface area contributed by atoms with Crippen LogP contribution in [0.4, 0.5) is 0 Å². The molecule has 1 aliphatic rings. The second kappa shape index (κ2) is 4.54. The van der Waals surface area contributed by atoms with Crippen LogP contribution in [0, 0.1) is 0 Å².